The minimum absolute atomic E-state index is 0. The Labute approximate surface area is 163 Å². The van der Waals surface area contributed by atoms with Crippen LogP contribution < -0.4 is 0 Å². The van der Waals surface area contributed by atoms with Crippen LogP contribution in [0.2, 0.25) is 0 Å². The molecule has 12 nitrogen and oxygen atoms in total. The van der Waals surface area contributed by atoms with Crippen LogP contribution in [0.25, 0.3) is 0 Å². The zero-order valence-corrected chi connectivity index (χ0v) is 18.2. The molecule has 1 aliphatic heterocycles. The van der Waals surface area contributed by atoms with E-state index in [9.17, 15) is 18.6 Å². The monoisotopic (exact) mass is 488 g/mol. The molecule has 0 aromatic rings. The van der Waals surface area contributed by atoms with Crippen molar-refractivity contribution in [1.29, 1.82) is 0 Å². The van der Waals surface area contributed by atoms with Crippen molar-refractivity contribution in [3.63, 3.8) is 0 Å². The van der Waals surface area contributed by atoms with Gasteiger partial charge in [-0.2, -0.15) is 15.5 Å². The predicted molar refractivity (Wildman–Crippen MR) is 73.6 cm³/mol. The molecule has 1 saturated heterocycles. The summed E-state index contributed by atoms with van der Waals surface area (Å²) in [6.45, 7) is 4.26. The van der Waals surface area contributed by atoms with E-state index in [0.29, 0.717) is 6.42 Å². The van der Waals surface area contributed by atoms with Gasteiger partial charge in [0, 0.05) is 32.7 Å². The van der Waals surface area contributed by atoms with Crippen molar-refractivity contribution in [3.05, 3.63) is 6.61 Å². The zero-order chi connectivity index (χ0) is 17.9. The van der Waals surface area contributed by atoms with Gasteiger partial charge in [-0.3, -0.25) is 4.52 Å². The first-order valence-electron chi connectivity index (χ1n) is 6.20. The number of phosphoric ester groups is 1. The Morgan fingerprint density at radius 3 is 2.21 bits per heavy atom. The summed E-state index contributed by atoms with van der Waals surface area (Å²) < 4.78 is 55.5. The van der Waals surface area contributed by atoms with Crippen LogP contribution in [0.4, 0.5) is 0 Å². The van der Waals surface area contributed by atoms with E-state index < -0.39 is 42.3 Å². The average Bonchev–Trinajstić information content (AvgIpc) is 2.63. The fourth-order valence-electron chi connectivity index (χ4n) is 1.86. The number of phosphoric acid groups is 3. The van der Waals surface area contributed by atoms with Gasteiger partial charge in [-0.1, -0.05) is 0 Å². The average molecular weight is 488 g/mol. The van der Waals surface area contributed by atoms with Crippen molar-refractivity contribution >= 4 is 23.5 Å². The van der Waals surface area contributed by atoms with Gasteiger partial charge in [0.25, 0.3) is 0 Å². The zero-order valence-electron chi connectivity index (χ0n) is 12.7. The van der Waals surface area contributed by atoms with E-state index in [1.165, 1.54) is 6.61 Å². The minimum Gasteiger partial charge on any atom is -0.548 e. The fraction of sp³-hybridized carbons (Fsp3) is 0.875. The molecule has 0 spiro atoms. The van der Waals surface area contributed by atoms with Gasteiger partial charge in [0.05, 0.1) is 18.8 Å². The summed E-state index contributed by atoms with van der Waals surface area (Å²) in [6, 6.07) is 0. The van der Waals surface area contributed by atoms with Crippen LogP contribution >= 0.6 is 23.5 Å². The van der Waals surface area contributed by atoms with Gasteiger partial charge in [-0.25, -0.2) is 20.3 Å². The smallest absolute Gasteiger partial charge is 0.490 e. The van der Waals surface area contributed by atoms with Crippen molar-refractivity contribution in [2.75, 3.05) is 6.61 Å². The summed E-state index contributed by atoms with van der Waals surface area (Å²) in [5.74, 6) is 0. The standard InChI is InChI=1S/C8H18O12P3.Y/c1-3-16-7-4-6(2)18-8(7)5-17-22(12,13)20-23(14,15)19-21(9,10)11;/h3,6-8H,4-5H2,1-2H3,(H,12,13)(H,14,15)(H2,9,10,11);/q-1;/t6-,7?,8+;/m0./s1. The van der Waals surface area contributed by atoms with E-state index in [0.717, 1.165) is 0 Å². The topological polar surface area (TPSA) is 178 Å². The first-order chi connectivity index (χ1) is 10.3. The van der Waals surface area contributed by atoms with Crippen molar-refractivity contribution in [2.45, 2.75) is 38.6 Å². The molecule has 0 aliphatic carbocycles. The van der Waals surface area contributed by atoms with Crippen LogP contribution in [0.5, 0.6) is 0 Å². The molecule has 1 radical (unpaired) electrons. The van der Waals surface area contributed by atoms with Crippen molar-refractivity contribution in [1.82, 2.24) is 0 Å². The summed E-state index contributed by atoms with van der Waals surface area (Å²) in [5.41, 5.74) is 0. The summed E-state index contributed by atoms with van der Waals surface area (Å²) in [5, 5.41) is 0. The Hall–Kier alpha value is 1.43. The Morgan fingerprint density at radius 2 is 1.71 bits per heavy atom. The van der Waals surface area contributed by atoms with Crippen molar-refractivity contribution in [3.8, 4) is 0 Å². The summed E-state index contributed by atoms with van der Waals surface area (Å²) in [4.78, 5) is 35.1. The third-order valence-electron chi connectivity index (χ3n) is 2.51. The van der Waals surface area contributed by atoms with E-state index in [2.05, 4.69) is 13.1 Å². The maximum absolute atomic E-state index is 11.6. The molecule has 1 rings (SSSR count). The van der Waals surface area contributed by atoms with Gasteiger partial charge in [-0.15, -0.1) is 0 Å². The number of rotatable bonds is 9. The van der Waals surface area contributed by atoms with Gasteiger partial charge in [0.1, 0.15) is 6.10 Å². The second kappa shape index (κ2) is 10.1. The Morgan fingerprint density at radius 1 is 1.12 bits per heavy atom. The van der Waals surface area contributed by atoms with E-state index in [1.807, 2.05) is 0 Å². The van der Waals surface area contributed by atoms with Crippen LogP contribution in [0, 0.1) is 6.61 Å². The normalized spacial score (nSPS) is 29.5. The molecule has 0 bridgehead atoms. The molecule has 1 aliphatic rings. The molecule has 1 heterocycles. The summed E-state index contributed by atoms with van der Waals surface area (Å²) in [6.07, 6.45) is -0.905. The molecule has 16 heteroatoms. The number of hydrogen-bond acceptors (Lipinski definition) is 8. The maximum Gasteiger partial charge on any atom is 0.490 e. The quantitative estimate of drug-likeness (QED) is 0.269. The third kappa shape index (κ3) is 9.95. The SMILES string of the molecule is C[CH-]OC1C[C@H](C)O[C@@H]1COP(=O)(O)OP(=O)(O)OP(=O)(O)O.[Y]. The summed E-state index contributed by atoms with van der Waals surface area (Å²) in [7, 11) is -16.1. The summed E-state index contributed by atoms with van der Waals surface area (Å²) >= 11 is 0. The minimum atomic E-state index is -5.52. The van der Waals surface area contributed by atoms with Gasteiger partial charge in [-0.05, 0) is 13.3 Å². The third-order valence-corrected chi connectivity index (χ3v) is 6.32. The van der Waals surface area contributed by atoms with E-state index >= 15 is 0 Å². The van der Waals surface area contributed by atoms with E-state index in [4.69, 9.17) is 24.2 Å². The van der Waals surface area contributed by atoms with E-state index in [1.54, 1.807) is 13.8 Å². The second-order valence-corrected chi connectivity index (χ2v) is 8.94. The van der Waals surface area contributed by atoms with Crippen LogP contribution in [0.15, 0.2) is 0 Å². The molecule has 0 amide bonds. The van der Waals surface area contributed by atoms with Gasteiger partial charge >= 0.3 is 23.5 Å². The molecule has 5 atom stereocenters. The van der Waals surface area contributed by atoms with Crippen molar-refractivity contribution in [2.24, 2.45) is 0 Å². The first-order valence-corrected chi connectivity index (χ1v) is 10.7. The molecule has 3 unspecified atom stereocenters. The van der Waals surface area contributed by atoms with Gasteiger partial charge in [0.2, 0.25) is 0 Å². The molecular weight excluding hydrogens is 470 g/mol. The Balaban J connectivity index is 0.00000529. The molecule has 0 aromatic heterocycles. The Bertz CT molecular complexity index is 536. The van der Waals surface area contributed by atoms with Crippen molar-refractivity contribution < 1.29 is 88.6 Å². The van der Waals surface area contributed by atoms with E-state index in [-0.39, 0.29) is 38.8 Å². The van der Waals surface area contributed by atoms with Gasteiger partial charge < -0.3 is 29.0 Å². The van der Waals surface area contributed by atoms with Gasteiger partial charge in [0.15, 0.2) is 0 Å². The molecular formula is C8H18O12P3Y-. The molecule has 0 saturated carbocycles. The molecule has 141 valence electrons. The largest absolute Gasteiger partial charge is 0.548 e. The predicted octanol–water partition coefficient (Wildman–Crippen LogP) is 1.07. The second-order valence-electron chi connectivity index (χ2n) is 4.52. The molecule has 4 N–H and O–H groups in total. The van der Waals surface area contributed by atoms with Crippen LogP contribution in [0.3, 0.4) is 0 Å². The Kier molecular flexibility index (Phi) is 10.7. The number of ether oxygens (including phenoxy) is 2. The molecule has 24 heavy (non-hydrogen) atoms. The first kappa shape index (κ1) is 25.4. The molecule has 0 aromatic carbocycles. The van der Waals surface area contributed by atoms with Crippen LogP contribution in [-0.4, -0.2) is 44.5 Å². The number of hydrogen-bond donors (Lipinski definition) is 4. The fourth-order valence-corrected chi connectivity index (χ4v) is 4.89. The van der Waals surface area contributed by atoms with Crippen LogP contribution in [-0.2, 0) is 69.0 Å². The molecule has 1 fully saturated rings. The van der Waals surface area contributed by atoms with Crippen LogP contribution in [0.1, 0.15) is 20.3 Å². The maximum atomic E-state index is 11.6.